The number of nitrogens with zero attached hydrogens (tertiary/aromatic N) is 2. The molecule has 1 aliphatic rings. The first-order valence-electron chi connectivity index (χ1n) is 6.18. The van der Waals surface area contributed by atoms with Crippen molar-refractivity contribution in [3.8, 4) is 5.75 Å². The number of ether oxygens (including phenoxy) is 1. The summed E-state index contributed by atoms with van der Waals surface area (Å²) >= 11 is 0. The molecule has 3 N–H and O–H groups in total. The molecule has 0 amide bonds. The van der Waals surface area contributed by atoms with Gasteiger partial charge in [-0.2, -0.15) is 4.98 Å². The molecule has 1 aromatic heterocycles. The number of aromatic nitrogens is 2. The van der Waals surface area contributed by atoms with Crippen molar-refractivity contribution in [3.05, 3.63) is 42.3 Å². The van der Waals surface area contributed by atoms with Gasteiger partial charge in [-0.3, -0.25) is 0 Å². The monoisotopic (exact) mass is 258 g/mol. The third-order valence-electron chi connectivity index (χ3n) is 2.57. The van der Waals surface area contributed by atoms with Gasteiger partial charge in [0.05, 0.1) is 6.20 Å². The molecule has 0 saturated heterocycles. The highest BCUT2D eigenvalue weighted by Gasteiger charge is 2.06. The second-order valence-corrected chi connectivity index (χ2v) is 4.40. The van der Waals surface area contributed by atoms with E-state index in [-0.39, 0.29) is 0 Å². The number of hydrogen-bond donors (Lipinski definition) is 2. The summed E-state index contributed by atoms with van der Waals surface area (Å²) in [5.74, 6) is 1.24. The van der Waals surface area contributed by atoms with Gasteiger partial charge in [0.15, 0.2) is 11.6 Å². The Morgan fingerprint density at radius 3 is 3.00 bits per heavy atom. The average molecular weight is 258 g/mol. The maximum Gasteiger partial charge on any atom is 0.229 e. The second kappa shape index (κ2) is 6.04. The molecule has 0 spiro atoms. The van der Waals surface area contributed by atoms with E-state index in [1.165, 1.54) is 0 Å². The smallest absolute Gasteiger partial charge is 0.229 e. The van der Waals surface area contributed by atoms with E-state index in [2.05, 4.69) is 40.1 Å². The Bertz CT molecular complexity index is 534. The zero-order valence-electron chi connectivity index (χ0n) is 11.0. The Hall–Kier alpha value is -2.30. The number of nitrogens with two attached hydrogens (primary N) is 1. The SMILES string of the molecule is C=C(C)Nc1ncc(OCC2=CCCC=C2)c(N)n1. The molecule has 0 fully saturated rings. The summed E-state index contributed by atoms with van der Waals surface area (Å²) in [7, 11) is 0. The Morgan fingerprint density at radius 1 is 1.53 bits per heavy atom. The van der Waals surface area contributed by atoms with Gasteiger partial charge in [-0.1, -0.05) is 24.8 Å². The van der Waals surface area contributed by atoms with Crippen molar-refractivity contribution in [2.75, 3.05) is 17.7 Å². The van der Waals surface area contributed by atoms with Gasteiger partial charge in [0.2, 0.25) is 5.95 Å². The third kappa shape index (κ3) is 3.84. The van der Waals surface area contributed by atoms with Gasteiger partial charge >= 0.3 is 0 Å². The minimum absolute atomic E-state index is 0.319. The van der Waals surface area contributed by atoms with Crippen LogP contribution in [0.15, 0.2) is 42.3 Å². The summed E-state index contributed by atoms with van der Waals surface area (Å²) in [6, 6.07) is 0. The first kappa shape index (κ1) is 13.1. The van der Waals surface area contributed by atoms with Crippen LogP contribution >= 0.6 is 0 Å². The van der Waals surface area contributed by atoms with E-state index in [0.29, 0.717) is 24.1 Å². The molecule has 0 aromatic carbocycles. The second-order valence-electron chi connectivity index (χ2n) is 4.40. The zero-order valence-corrected chi connectivity index (χ0v) is 11.0. The van der Waals surface area contributed by atoms with E-state index in [0.717, 1.165) is 24.1 Å². The number of allylic oxidation sites excluding steroid dienone is 3. The standard InChI is InChI=1S/C14H18N4O/c1-10(2)17-14-16-8-12(13(15)18-14)19-9-11-6-4-3-5-7-11/h4,6-8H,1,3,5,9H2,2H3,(H3,15,16,17,18). The molecule has 0 saturated carbocycles. The van der Waals surface area contributed by atoms with Gasteiger partial charge in [-0.05, 0) is 25.3 Å². The van der Waals surface area contributed by atoms with E-state index in [1.807, 2.05) is 6.92 Å². The zero-order chi connectivity index (χ0) is 13.7. The Balaban J connectivity index is 1.99. The van der Waals surface area contributed by atoms with Crippen LogP contribution in [0.25, 0.3) is 0 Å². The molecule has 1 aliphatic carbocycles. The van der Waals surface area contributed by atoms with E-state index in [9.17, 15) is 0 Å². The molecule has 0 aliphatic heterocycles. The van der Waals surface area contributed by atoms with E-state index in [1.54, 1.807) is 6.20 Å². The lowest BCUT2D eigenvalue weighted by molar-refractivity contribution is 0.354. The highest BCUT2D eigenvalue weighted by atomic mass is 16.5. The minimum Gasteiger partial charge on any atom is -0.483 e. The quantitative estimate of drug-likeness (QED) is 0.849. The van der Waals surface area contributed by atoms with E-state index in [4.69, 9.17) is 10.5 Å². The van der Waals surface area contributed by atoms with Crippen LogP contribution in [0.2, 0.25) is 0 Å². The molecule has 0 atom stereocenters. The van der Waals surface area contributed by atoms with Gasteiger partial charge < -0.3 is 15.8 Å². The van der Waals surface area contributed by atoms with Crippen LogP contribution in [0.1, 0.15) is 19.8 Å². The van der Waals surface area contributed by atoms with Crippen LogP contribution in [0.5, 0.6) is 5.75 Å². The normalized spacial score (nSPS) is 13.8. The van der Waals surface area contributed by atoms with Crippen LogP contribution in [0, 0.1) is 0 Å². The van der Waals surface area contributed by atoms with Crippen LogP contribution in [0.3, 0.4) is 0 Å². The summed E-state index contributed by atoms with van der Waals surface area (Å²) in [5, 5.41) is 2.90. The van der Waals surface area contributed by atoms with Crippen molar-refractivity contribution in [2.45, 2.75) is 19.8 Å². The van der Waals surface area contributed by atoms with Crippen molar-refractivity contribution < 1.29 is 4.74 Å². The fourth-order valence-electron chi connectivity index (χ4n) is 1.68. The fourth-order valence-corrected chi connectivity index (χ4v) is 1.68. The van der Waals surface area contributed by atoms with Crippen LogP contribution in [-0.2, 0) is 0 Å². The molecule has 1 heterocycles. The maximum absolute atomic E-state index is 5.83. The summed E-state index contributed by atoms with van der Waals surface area (Å²) in [6.45, 7) is 6.03. The molecule has 0 unspecified atom stereocenters. The van der Waals surface area contributed by atoms with Gasteiger partial charge in [0.1, 0.15) is 6.61 Å². The Morgan fingerprint density at radius 2 is 2.37 bits per heavy atom. The summed E-state index contributed by atoms with van der Waals surface area (Å²) < 4.78 is 5.62. The van der Waals surface area contributed by atoms with Gasteiger partial charge in [0.25, 0.3) is 0 Å². The highest BCUT2D eigenvalue weighted by molar-refractivity contribution is 5.49. The summed E-state index contributed by atoms with van der Waals surface area (Å²) in [6.07, 6.45) is 10.1. The lowest BCUT2D eigenvalue weighted by atomic mass is 10.1. The first-order chi connectivity index (χ1) is 9.15. The van der Waals surface area contributed by atoms with Gasteiger partial charge in [-0.25, -0.2) is 4.98 Å². The molecule has 1 aromatic rings. The Kier molecular flexibility index (Phi) is 4.18. The van der Waals surface area contributed by atoms with Crippen molar-refractivity contribution in [1.82, 2.24) is 9.97 Å². The number of nitrogens with one attached hydrogen (secondary N) is 1. The van der Waals surface area contributed by atoms with E-state index < -0.39 is 0 Å². The lowest BCUT2D eigenvalue weighted by Crippen LogP contribution is -2.07. The fraction of sp³-hybridized carbons (Fsp3) is 0.286. The van der Waals surface area contributed by atoms with Gasteiger partial charge in [-0.15, -0.1) is 0 Å². The molecule has 0 radical (unpaired) electrons. The molecule has 19 heavy (non-hydrogen) atoms. The van der Waals surface area contributed by atoms with Crippen molar-refractivity contribution in [3.63, 3.8) is 0 Å². The number of hydrogen-bond acceptors (Lipinski definition) is 5. The predicted molar refractivity (Wildman–Crippen MR) is 76.8 cm³/mol. The summed E-state index contributed by atoms with van der Waals surface area (Å²) in [4.78, 5) is 8.23. The predicted octanol–water partition coefficient (Wildman–Crippen LogP) is 2.66. The third-order valence-corrected chi connectivity index (χ3v) is 2.57. The van der Waals surface area contributed by atoms with Crippen LogP contribution in [-0.4, -0.2) is 16.6 Å². The minimum atomic E-state index is 0.319. The number of rotatable bonds is 5. The Labute approximate surface area is 112 Å². The molecule has 5 heteroatoms. The highest BCUT2D eigenvalue weighted by Crippen LogP contribution is 2.20. The maximum atomic E-state index is 5.83. The van der Waals surface area contributed by atoms with Crippen molar-refractivity contribution in [2.24, 2.45) is 0 Å². The van der Waals surface area contributed by atoms with Crippen molar-refractivity contribution in [1.29, 1.82) is 0 Å². The first-order valence-corrected chi connectivity index (χ1v) is 6.18. The van der Waals surface area contributed by atoms with Crippen LogP contribution < -0.4 is 15.8 Å². The topological polar surface area (TPSA) is 73.1 Å². The molecule has 2 rings (SSSR count). The molecule has 100 valence electrons. The van der Waals surface area contributed by atoms with E-state index >= 15 is 0 Å². The van der Waals surface area contributed by atoms with Crippen molar-refractivity contribution >= 4 is 11.8 Å². The molecular weight excluding hydrogens is 240 g/mol. The van der Waals surface area contributed by atoms with Crippen LogP contribution in [0.4, 0.5) is 11.8 Å². The average Bonchev–Trinajstić information content (AvgIpc) is 2.38. The summed E-state index contributed by atoms with van der Waals surface area (Å²) in [5.41, 5.74) is 7.73. The largest absolute Gasteiger partial charge is 0.483 e. The molecular formula is C14H18N4O. The number of anilines is 2. The molecule has 5 nitrogen and oxygen atoms in total. The number of nitrogen functional groups attached to an aromatic ring is 1. The lowest BCUT2D eigenvalue weighted by Gasteiger charge is -2.11. The molecule has 0 bridgehead atoms. The van der Waals surface area contributed by atoms with Gasteiger partial charge in [0, 0.05) is 5.70 Å².